The molecule has 0 atom stereocenters. The van der Waals surface area contributed by atoms with Crippen LogP contribution < -0.4 is 11.1 Å². The van der Waals surface area contributed by atoms with Gasteiger partial charge in [0, 0.05) is 19.9 Å². The summed E-state index contributed by atoms with van der Waals surface area (Å²) in [6, 6.07) is 5.53. The van der Waals surface area contributed by atoms with Crippen LogP contribution >= 0.6 is 0 Å². The maximum atomic E-state index is 11.2. The van der Waals surface area contributed by atoms with Gasteiger partial charge in [0.05, 0.1) is 17.0 Å². The molecule has 17 heavy (non-hydrogen) atoms. The SMILES string of the molecule is CNc1ccc(C2(O)CCC(=O)CC2)cc1N. The predicted molar refractivity (Wildman–Crippen MR) is 67.8 cm³/mol. The van der Waals surface area contributed by atoms with Crippen LogP contribution in [0.25, 0.3) is 0 Å². The number of rotatable bonds is 2. The molecule has 0 aromatic heterocycles. The molecule has 1 fully saturated rings. The lowest BCUT2D eigenvalue weighted by atomic mass is 9.79. The van der Waals surface area contributed by atoms with Gasteiger partial charge in [0.15, 0.2) is 0 Å². The lowest BCUT2D eigenvalue weighted by Crippen LogP contribution is -2.31. The van der Waals surface area contributed by atoms with E-state index in [0.717, 1.165) is 11.3 Å². The van der Waals surface area contributed by atoms with Gasteiger partial charge in [-0.25, -0.2) is 0 Å². The van der Waals surface area contributed by atoms with Crippen molar-refractivity contribution in [2.24, 2.45) is 0 Å². The Bertz CT molecular complexity index is 433. The van der Waals surface area contributed by atoms with Crippen molar-refractivity contribution in [1.29, 1.82) is 0 Å². The van der Waals surface area contributed by atoms with Crippen LogP contribution in [0.4, 0.5) is 11.4 Å². The second-order valence-electron chi connectivity index (χ2n) is 4.62. The van der Waals surface area contributed by atoms with Crippen molar-refractivity contribution in [3.05, 3.63) is 23.8 Å². The van der Waals surface area contributed by atoms with Gasteiger partial charge in [0.1, 0.15) is 5.78 Å². The van der Waals surface area contributed by atoms with Crippen LogP contribution in [0, 0.1) is 0 Å². The first-order valence-electron chi connectivity index (χ1n) is 5.87. The number of hydrogen-bond donors (Lipinski definition) is 3. The van der Waals surface area contributed by atoms with E-state index in [1.165, 1.54) is 0 Å². The number of hydrogen-bond acceptors (Lipinski definition) is 4. The van der Waals surface area contributed by atoms with Gasteiger partial charge >= 0.3 is 0 Å². The number of nitrogen functional groups attached to an aromatic ring is 1. The number of nitrogens with one attached hydrogen (secondary N) is 1. The smallest absolute Gasteiger partial charge is 0.133 e. The first-order chi connectivity index (χ1) is 8.05. The van der Waals surface area contributed by atoms with Crippen LogP contribution in [0.15, 0.2) is 18.2 Å². The molecule has 0 saturated heterocycles. The van der Waals surface area contributed by atoms with Crippen LogP contribution in [-0.2, 0) is 10.4 Å². The van der Waals surface area contributed by atoms with Crippen molar-refractivity contribution in [1.82, 2.24) is 0 Å². The molecule has 0 unspecified atom stereocenters. The monoisotopic (exact) mass is 234 g/mol. The third-order valence-corrected chi connectivity index (χ3v) is 3.49. The third-order valence-electron chi connectivity index (χ3n) is 3.49. The maximum Gasteiger partial charge on any atom is 0.133 e. The molecular formula is C13H18N2O2. The molecule has 0 radical (unpaired) electrons. The summed E-state index contributed by atoms with van der Waals surface area (Å²) in [6.07, 6.45) is 1.88. The van der Waals surface area contributed by atoms with Crippen LogP contribution in [-0.4, -0.2) is 17.9 Å². The van der Waals surface area contributed by atoms with E-state index in [0.29, 0.717) is 31.4 Å². The van der Waals surface area contributed by atoms with Crippen LogP contribution in [0.5, 0.6) is 0 Å². The molecule has 1 aliphatic carbocycles. The molecule has 0 amide bonds. The fraction of sp³-hybridized carbons (Fsp3) is 0.462. The predicted octanol–water partition coefficient (Wildman–Crippen LogP) is 1.64. The van der Waals surface area contributed by atoms with Gasteiger partial charge in [0.2, 0.25) is 0 Å². The Morgan fingerprint density at radius 1 is 1.35 bits per heavy atom. The average Bonchev–Trinajstić information content (AvgIpc) is 2.33. The number of anilines is 2. The zero-order valence-corrected chi connectivity index (χ0v) is 9.99. The third kappa shape index (κ3) is 2.26. The molecule has 0 bridgehead atoms. The number of nitrogens with two attached hydrogens (primary N) is 1. The van der Waals surface area contributed by atoms with Gasteiger partial charge in [-0.3, -0.25) is 4.79 Å². The summed E-state index contributed by atoms with van der Waals surface area (Å²) in [7, 11) is 1.80. The Morgan fingerprint density at radius 3 is 2.53 bits per heavy atom. The Morgan fingerprint density at radius 2 is 2.00 bits per heavy atom. The highest BCUT2D eigenvalue weighted by atomic mass is 16.3. The molecule has 0 aliphatic heterocycles. The van der Waals surface area contributed by atoms with E-state index >= 15 is 0 Å². The average molecular weight is 234 g/mol. The lowest BCUT2D eigenvalue weighted by Gasteiger charge is -2.32. The summed E-state index contributed by atoms with van der Waals surface area (Å²) in [5.74, 6) is 0.231. The first-order valence-corrected chi connectivity index (χ1v) is 5.87. The summed E-state index contributed by atoms with van der Waals surface area (Å²) in [4.78, 5) is 11.2. The minimum atomic E-state index is -0.895. The molecule has 1 aromatic rings. The minimum Gasteiger partial charge on any atom is -0.397 e. The molecule has 4 nitrogen and oxygen atoms in total. The highest BCUT2D eigenvalue weighted by Gasteiger charge is 2.34. The number of ketones is 1. The van der Waals surface area contributed by atoms with Crippen molar-refractivity contribution >= 4 is 17.2 Å². The quantitative estimate of drug-likeness (QED) is 0.680. The van der Waals surface area contributed by atoms with Crippen molar-refractivity contribution in [2.45, 2.75) is 31.3 Å². The number of benzene rings is 1. The van der Waals surface area contributed by atoms with Crippen molar-refractivity contribution in [2.75, 3.05) is 18.1 Å². The van der Waals surface area contributed by atoms with Gasteiger partial charge in [-0.1, -0.05) is 6.07 Å². The maximum absolute atomic E-state index is 11.2. The van der Waals surface area contributed by atoms with Gasteiger partial charge in [0.25, 0.3) is 0 Å². The molecule has 2 rings (SSSR count). The van der Waals surface area contributed by atoms with E-state index in [9.17, 15) is 9.90 Å². The number of carbonyl (C=O) groups is 1. The second-order valence-corrected chi connectivity index (χ2v) is 4.62. The first kappa shape index (κ1) is 11.9. The normalized spacial score (nSPS) is 19.1. The Hall–Kier alpha value is -1.55. The Labute approximate surface area is 101 Å². The lowest BCUT2D eigenvalue weighted by molar-refractivity contribution is -0.125. The number of carbonyl (C=O) groups excluding carboxylic acids is 1. The van der Waals surface area contributed by atoms with E-state index in [1.807, 2.05) is 12.1 Å². The molecule has 1 saturated carbocycles. The number of aliphatic hydroxyl groups is 1. The molecular weight excluding hydrogens is 216 g/mol. The molecule has 4 heteroatoms. The van der Waals surface area contributed by atoms with Gasteiger partial charge < -0.3 is 16.2 Å². The zero-order valence-electron chi connectivity index (χ0n) is 9.99. The summed E-state index contributed by atoms with van der Waals surface area (Å²) in [6.45, 7) is 0. The van der Waals surface area contributed by atoms with Crippen molar-refractivity contribution < 1.29 is 9.90 Å². The van der Waals surface area contributed by atoms with Gasteiger partial charge in [-0.15, -0.1) is 0 Å². The molecule has 0 heterocycles. The fourth-order valence-electron chi connectivity index (χ4n) is 2.31. The van der Waals surface area contributed by atoms with Crippen molar-refractivity contribution in [3.63, 3.8) is 0 Å². The van der Waals surface area contributed by atoms with Gasteiger partial charge in [-0.05, 0) is 30.5 Å². The Balaban J connectivity index is 2.27. The van der Waals surface area contributed by atoms with E-state index in [1.54, 1.807) is 13.1 Å². The summed E-state index contributed by atoms with van der Waals surface area (Å²) >= 11 is 0. The number of Topliss-reactive ketones (excluding diaryl/α,β-unsaturated/α-hetero) is 1. The van der Waals surface area contributed by atoms with E-state index in [2.05, 4.69) is 5.32 Å². The summed E-state index contributed by atoms with van der Waals surface area (Å²) in [5, 5.41) is 13.5. The van der Waals surface area contributed by atoms with Crippen LogP contribution in [0.1, 0.15) is 31.2 Å². The molecule has 1 aromatic carbocycles. The van der Waals surface area contributed by atoms with Crippen molar-refractivity contribution in [3.8, 4) is 0 Å². The van der Waals surface area contributed by atoms with E-state index in [-0.39, 0.29) is 5.78 Å². The van der Waals surface area contributed by atoms with Crippen LogP contribution in [0.3, 0.4) is 0 Å². The van der Waals surface area contributed by atoms with E-state index in [4.69, 9.17) is 5.73 Å². The molecule has 4 N–H and O–H groups in total. The van der Waals surface area contributed by atoms with Gasteiger partial charge in [-0.2, -0.15) is 0 Å². The molecule has 92 valence electrons. The molecule has 1 aliphatic rings. The standard InChI is InChI=1S/C13H18N2O2/c1-15-12-3-2-9(8-11(12)14)13(17)6-4-10(16)5-7-13/h2-3,8,15,17H,4-7,14H2,1H3. The summed E-state index contributed by atoms with van der Waals surface area (Å²) in [5.41, 5.74) is 7.27. The second kappa shape index (κ2) is 4.37. The largest absolute Gasteiger partial charge is 0.397 e. The fourth-order valence-corrected chi connectivity index (χ4v) is 2.31. The topological polar surface area (TPSA) is 75.3 Å². The highest BCUT2D eigenvalue weighted by Crippen LogP contribution is 2.37. The van der Waals surface area contributed by atoms with E-state index < -0.39 is 5.60 Å². The Kier molecular flexibility index (Phi) is 3.07. The molecule has 0 spiro atoms. The zero-order chi connectivity index (χ0) is 12.5. The minimum absolute atomic E-state index is 0.231. The summed E-state index contributed by atoms with van der Waals surface area (Å²) < 4.78 is 0. The highest BCUT2D eigenvalue weighted by molar-refractivity contribution is 5.79. The van der Waals surface area contributed by atoms with Crippen LogP contribution in [0.2, 0.25) is 0 Å².